The first-order valence-corrected chi connectivity index (χ1v) is 9.51. The van der Waals surface area contributed by atoms with Crippen LogP contribution < -0.4 is 5.32 Å². The van der Waals surface area contributed by atoms with E-state index in [4.69, 9.17) is 20.5 Å². The van der Waals surface area contributed by atoms with Gasteiger partial charge in [-0.15, -0.1) is 0 Å². The molecule has 1 amide bonds. The highest BCUT2D eigenvalue weighted by Gasteiger charge is 2.23. The Labute approximate surface area is 161 Å². The molecule has 0 radical (unpaired) electrons. The van der Waals surface area contributed by atoms with Gasteiger partial charge in [0.1, 0.15) is 5.76 Å². The van der Waals surface area contributed by atoms with Gasteiger partial charge in [-0.05, 0) is 49.6 Å². The van der Waals surface area contributed by atoms with Crippen molar-refractivity contribution in [2.45, 2.75) is 44.6 Å². The van der Waals surface area contributed by atoms with E-state index in [0.717, 1.165) is 36.1 Å². The first-order valence-electron chi connectivity index (χ1n) is 9.13. The number of halogens is 1. The zero-order chi connectivity index (χ0) is 18.6. The van der Waals surface area contributed by atoms with E-state index in [1.165, 1.54) is 0 Å². The highest BCUT2D eigenvalue weighted by Crippen LogP contribution is 2.30. The summed E-state index contributed by atoms with van der Waals surface area (Å²) in [6.07, 6.45) is 6.26. The van der Waals surface area contributed by atoms with Crippen LogP contribution in [-0.4, -0.2) is 16.0 Å². The van der Waals surface area contributed by atoms with Crippen molar-refractivity contribution in [3.8, 4) is 11.4 Å². The predicted molar refractivity (Wildman–Crippen MR) is 100 cm³/mol. The molecule has 27 heavy (non-hydrogen) atoms. The van der Waals surface area contributed by atoms with Crippen molar-refractivity contribution in [1.82, 2.24) is 15.5 Å². The van der Waals surface area contributed by atoms with Gasteiger partial charge in [-0.1, -0.05) is 16.8 Å². The molecule has 1 aliphatic rings. The van der Waals surface area contributed by atoms with Crippen LogP contribution in [-0.2, 0) is 17.6 Å². The van der Waals surface area contributed by atoms with E-state index in [2.05, 4.69) is 15.5 Å². The molecule has 0 fully saturated rings. The summed E-state index contributed by atoms with van der Waals surface area (Å²) in [7, 11) is 0. The number of hydrogen-bond acceptors (Lipinski definition) is 5. The molecule has 1 aromatic carbocycles. The molecule has 3 aromatic rings. The number of aryl methyl sites for hydroxylation is 2. The highest BCUT2D eigenvalue weighted by molar-refractivity contribution is 6.30. The van der Waals surface area contributed by atoms with Gasteiger partial charge in [0.05, 0.1) is 12.3 Å². The quantitative estimate of drug-likeness (QED) is 0.675. The zero-order valence-corrected chi connectivity index (χ0v) is 15.5. The maximum atomic E-state index is 12.3. The molecule has 0 aliphatic heterocycles. The van der Waals surface area contributed by atoms with Crippen molar-refractivity contribution < 1.29 is 13.7 Å². The number of nitrogens with zero attached hydrogens (tertiary/aromatic N) is 2. The van der Waals surface area contributed by atoms with Gasteiger partial charge >= 0.3 is 0 Å². The summed E-state index contributed by atoms with van der Waals surface area (Å²) >= 11 is 5.89. The first kappa shape index (κ1) is 17.8. The van der Waals surface area contributed by atoms with E-state index in [-0.39, 0.29) is 11.9 Å². The van der Waals surface area contributed by atoms with Gasteiger partial charge in [-0.3, -0.25) is 4.79 Å². The Hall–Kier alpha value is -2.60. The normalized spacial score (nSPS) is 16.1. The molecule has 0 spiro atoms. The van der Waals surface area contributed by atoms with E-state index in [1.54, 1.807) is 18.4 Å². The Morgan fingerprint density at radius 2 is 2.11 bits per heavy atom. The van der Waals surface area contributed by atoms with E-state index in [0.29, 0.717) is 36.0 Å². The lowest BCUT2D eigenvalue weighted by atomic mass is 9.93. The first-order chi connectivity index (χ1) is 13.2. The van der Waals surface area contributed by atoms with Crippen molar-refractivity contribution in [2.75, 3.05) is 0 Å². The molecular weight excluding hydrogens is 366 g/mol. The Kier molecular flexibility index (Phi) is 5.25. The number of aromatic nitrogens is 2. The monoisotopic (exact) mass is 385 g/mol. The third kappa shape index (κ3) is 4.22. The van der Waals surface area contributed by atoms with Crippen LogP contribution in [0.1, 0.15) is 48.9 Å². The van der Waals surface area contributed by atoms with Crippen LogP contribution in [0, 0.1) is 0 Å². The predicted octanol–water partition coefficient (Wildman–Crippen LogP) is 4.50. The SMILES string of the molecule is O=C(CCCc1nc(-c2ccc(Cl)cc2)no1)NC1CCCc2occc21. The number of fused-ring (bicyclic) bond motifs is 1. The van der Waals surface area contributed by atoms with Gasteiger partial charge in [0.25, 0.3) is 0 Å². The third-order valence-corrected chi connectivity index (χ3v) is 5.00. The van der Waals surface area contributed by atoms with Gasteiger partial charge in [-0.25, -0.2) is 0 Å². The van der Waals surface area contributed by atoms with Crippen molar-refractivity contribution in [1.29, 1.82) is 0 Å². The number of benzene rings is 1. The van der Waals surface area contributed by atoms with E-state index in [9.17, 15) is 4.79 Å². The maximum absolute atomic E-state index is 12.3. The lowest BCUT2D eigenvalue weighted by Crippen LogP contribution is -2.30. The number of carbonyl (C=O) groups is 1. The second-order valence-corrected chi connectivity index (χ2v) is 7.12. The molecule has 7 heteroatoms. The summed E-state index contributed by atoms with van der Waals surface area (Å²) < 4.78 is 10.7. The van der Waals surface area contributed by atoms with Crippen LogP contribution >= 0.6 is 11.6 Å². The molecule has 1 aliphatic carbocycles. The van der Waals surface area contributed by atoms with Gasteiger partial charge in [-0.2, -0.15) is 4.98 Å². The van der Waals surface area contributed by atoms with Crippen LogP contribution in [0.4, 0.5) is 0 Å². The molecule has 2 aromatic heterocycles. The van der Waals surface area contributed by atoms with Gasteiger partial charge < -0.3 is 14.3 Å². The number of furan rings is 1. The summed E-state index contributed by atoms with van der Waals surface area (Å²) in [5, 5.41) is 7.75. The second-order valence-electron chi connectivity index (χ2n) is 6.68. The summed E-state index contributed by atoms with van der Waals surface area (Å²) in [6.45, 7) is 0. The number of hydrogen-bond donors (Lipinski definition) is 1. The number of nitrogens with one attached hydrogen (secondary N) is 1. The fraction of sp³-hybridized carbons (Fsp3) is 0.350. The van der Waals surface area contributed by atoms with Gasteiger partial charge in [0.15, 0.2) is 0 Å². The van der Waals surface area contributed by atoms with Crippen LogP contribution in [0.3, 0.4) is 0 Å². The molecule has 1 N–H and O–H groups in total. The van der Waals surface area contributed by atoms with E-state index in [1.807, 2.05) is 18.2 Å². The maximum Gasteiger partial charge on any atom is 0.226 e. The van der Waals surface area contributed by atoms with Crippen LogP contribution in [0.25, 0.3) is 11.4 Å². The molecule has 140 valence electrons. The number of rotatable bonds is 6. The standard InChI is InChI=1S/C20H20ClN3O3/c21-14-9-7-13(8-10-14)20-23-19(27-24-20)6-2-5-18(25)22-16-3-1-4-17-15(16)11-12-26-17/h7-12,16H,1-6H2,(H,22,25). The van der Waals surface area contributed by atoms with Crippen molar-refractivity contribution in [3.63, 3.8) is 0 Å². The summed E-state index contributed by atoms with van der Waals surface area (Å²) in [4.78, 5) is 16.7. The summed E-state index contributed by atoms with van der Waals surface area (Å²) in [6, 6.07) is 9.27. The van der Waals surface area contributed by atoms with Crippen molar-refractivity contribution >= 4 is 17.5 Å². The highest BCUT2D eigenvalue weighted by atomic mass is 35.5. The van der Waals surface area contributed by atoms with Gasteiger partial charge in [0.2, 0.25) is 17.6 Å². The fourth-order valence-corrected chi connectivity index (χ4v) is 3.50. The lowest BCUT2D eigenvalue weighted by molar-refractivity contribution is -0.122. The summed E-state index contributed by atoms with van der Waals surface area (Å²) in [5.41, 5.74) is 1.96. The van der Waals surface area contributed by atoms with Crippen molar-refractivity contribution in [2.24, 2.45) is 0 Å². The molecule has 1 atom stereocenters. The minimum Gasteiger partial charge on any atom is -0.469 e. The molecule has 2 heterocycles. The Morgan fingerprint density at radius 1 is 1.26 bits per heavy atom. The average Bonchev–Trinajstić information content (AvgIpc) is 3.32. The molecule has 1 unspecified atom stereocenters. The van der Waals surface area contributed by atoms with Crippen LogP contribution in [0.2, 0.25) is 5.02 Å². The Balaban J connectivity index is 1.27. The topological polar surface area (TPSA) is 81.2 Å². The minimum absolute atomic E-state index is 0.0338. The Bertz CT molecular complexity index is 917. The molecular formula is C20H20ClN3O3. The number of carbonyl (C=O) groups excluding carboxylic acids is 1. The van der Waals surface area contributed by atoms with Gasteiger partial charge in [0, 0.05) is 35.4 Å². The zero-order valence-electron chi connectivity index (χ0n) is 14.8. The minimum atomic E-state index is 0.0338. The molecule has 0 saturated carbocycles. The average molecular weight is 386 g/mol. The molecule has 0 saturated heterocycles. The molecule has 4 rings (SSSR count). The van der Waals surface area contributed by atoms with E-state index < -0.39 is 0 Å². The molecule has 6 nitrogen and oxygen atoms in total. The Morgan fingerprint density at radius 3 is 2.96 bits per heavy atom. The smallest absolute Gasteiger partial charge is 0.226 e. The number of amides is 1. The lowest BCUT2D eigenvalue weighted by Gasteiger charge is -2.22. The van der Waals surface area contributed by atoms with Crippen LogP contribution in [0.15, 0.2) is 45.5 Å². The second kappa shape index (κ2) is 7.96. The van der Waals surface area contributed by atoms with E-state index >= 15 is 0 Å². The largest absolute Gasteiger partial charge is 0.469 e. The third-order valence-electron chi connectivity index (χ3n) is 4.75. The summed E-state index contributed by atoms with van der Waals surface area (Å²) in [5.74, 6) is 2.09. The molecule has 0 bridgehead atoms. The van der Waals surface area contributed by atoms with Crippen LogP contribution in [0.5, 0.6) is 0 Å². The van der Waals surface area contributed by atoms with Crippen molar-refractivity contribution in [3.05, 3.63) is 58.8 Å². The fourth-order valence-electron chi connectivity index (χ4n) is 3.38.